The molecule has 1 rings (SSSR count). The second-order valence-electron chi connectivity index (χ2n) is 2.66. The van der Waals surface area contributed by atoms with Crippen molar-refractivity contribution in [3.05, 3.63) is 24.0 Å². The first-order chi connectivity index (χ1) is 6.86. The van der Waals surface area contributed by atoms with Gasteiger partial charge in [0.05, 0.1) is 24.4 Å². The lowest BCUT2D eigenvalue weighted by atomic mass is 10.4. The summed E-state index contributed by atoms with van der Waals surface area (Å²) in [6.45, 7) is 2.88. The first-order valence-corrected chi connectivity index (χ1v) is 6.27. The first kappa shape index (κ1) is 11.7. The fraction of sp³-hybridized carbons (Fsp3) is 0.500. The zero-order valence-corrected chi connectivity index (χ0v) is 9.77. The fourth-order valence-electron chi connectivity index (χ4n) is 0.938. The number of halogens is 1. The summed E-state index contributed by atoms with van der Waals surface area (Å²) in [7, 11) is 0. The van der Waals surface area contributed by atoms with E-state index in [9.17, 15) is 0 Å². The maximum absolute atomic E-state index is 5.62. The van der Waals surface area contributed by atoms with Crippen molar-refractivity contribution in [2.24, 2.45) is 0 Å². The molecule has 0 amide bonds. The van der Waals surface area contributed by atoms with E-state index in [4.69, 9.17) is 16.3 Å². The Kier molecular flexibility index (Phi) is 5.80. The molecule has 1 heterocycles. The van der Waals surface area contributed by atoms with Gasteiger partial charge in [-0.1, -0.05) is 6.92 Å². The van der Waals surface area contributed by atoms with Gasteiger partial charge in [-0.25, -0.2) is 0 Å². The van der Waals surface area contributed by atoms with Gasteiger partial charge >= 0.3 is 0 Å². The van der Waals surface area contributed by atoms with Crippen LogP contribution in [0.15, 0.2) is 18.3 Å². The lowest BCUT2D eigenvalue weighted by Crippen LogP contribution is -2.00. The molecule has 0 aliphatic rings. The molecule has 0 unspecified atom stereocenters. The van der Waals surface area contributed by atoms with Crippen molar-refractivity contribution in [1.82, 2.24) is 4.98 Å². The average molecular weight is 232 g/mol. The molecule has 0 spiro atoms. The van der Waals surface area contributed by atoms with Gasteiger partial charge < -0.3 is 4.74 Å². The Hall–Kier alpha value is -0.410. The Morgan fingerprint density at radius 3 is 2.93 bits per heavy atom. The van der Waals surface area contributed by atoms with Crippen LogP contribution in [0.4, 0.5) is 0 Å². The second kappa shape index (κ2) is 6.96. The van der Waals surface area contributed by atoms with Gasteiger partial charge in [-0.05, 0) is 17.9 Å². The third-order valence-electron chi connectivity index (χ3n) is 1.64. The van der Waals surface area contributed by atoms with Crippen LogP contribution in [0, 0.1) is 0 Å². The normalized spacial score (nSPS) is 10.1. The SMILES string of the molecule is CCSCCOc1ccc(CCl)nc1. The van der Waals surface area contributed by atoms with Gasteiger partial charge in [-0.2, -0.15) is 11.8 Å². The summed E-state index contributed by atoms with van der Waals surface area (Å²) in [4.78, 5) is 4.13. The van der Waals surface area contributed by atoms with Gasteiger partial charge in [0, 0.05) is 5.75 Å². The molecule has 0 aliphatic heterocycles. The maximum Gasteiger partial charge on any atom is 0.137 e. The van der Waals surface area contributed by atoms with Crippen molar-refractivity contribution in [2.75, 3.05) is 18.1 Å². The Morgan fingerprint density at radius 2 is 2.36 bits per heavy atom. The number of hydrogen-bond acceptors (Lipinski definition) is 3. The zero-order valence-electron chi connectivity index (χ0n) is 8.20. The lowest BCUT2D eigenvalue weighted by molar-refractivity contribution is 0.342. The molecule has 0 bridgehead atoms. The van der Waals surface area contributed by atoms with Crippen molar-refractivity contribution in [3.8, 4) is 5.75 Å². The molecule has 2 nitrogen and oxygen atoms in total. The van der Waals surface area contributed by atoms with Gasteiger partial charge in [0.25, 0.3) is 0 Å². The fourth-order valence-corrected chi connectivity index (χ4v) is 1.59. The average Bonchev–Trinajstić information content (AvgIpc) is 2.25. The number of nitrogens with zero attached hydrogens (tertiary/aromatic N) is 1. The van der Waals surface area contributed by atoms with Crippen molar-refractivity contribution in [1.29, 1.82) is 0 Å². The highest BCUT2D eigenvalue weighted by Crippen LogP contribution is 2.10. The molecular weight excluding hydrogens is 218 g/mol. The highest BCUT2D eigenvalue weighted by Gasteiger charge is 1.95. The Balaban J connectivity index is 2.29. The van der Waals surface area contributed by atoms with Crippen LogP contribution in [0.2, 0.25) is 0 Å². The molecule has 0 fully saturated rings. The molecule has 0 saturated carbocycles. The second-order valence-corrected chi connectivity index (χ2v) is 4.33. The molecule has 0 atom stereocenters. The van der Waals surface area contributed by atoms with Gasteiger partial charge in [-0.3, -0.25) is 4.98 Å². The predicted molar refractivity (Wildman–Crippen MR) is 62.3 cm³/mol. The van der Waals surface area contributed by atoms with Crippen molar-refractivity contribution in [2.45, 2.75) is 12.8 Å². The van der Waals surface area contributed by atoms with Crippen molar-refractivity contribution in [3.63, 3.8) is 0 Å². The number of rotatable bonds is 6. The standard InChI is InChI=1S/C10H14ClNOS/c1-2-14-6-5-13-10-4-3-9(7-11)12-8-10/h3-4,8H,2,5-7H2,1H3. The quantitative estimate of drug-likeness (QED) is 0.555. The zero-order chi connectivity index (χ0) is 10.2. The van der Waals surface area contributed by atoms with E-state index in [0.717, 1.165) is 29.6 Å². The van der Waals surface area contributed by atoms with Crippen LogP contribution in [0.1, 0.15) is 12.6 Å². The minimum absolute atomic E-state index is 0.450. The summed E-state index contributed by atoms with van der Waals surface area (Å²) in [6, 6.07) is 3.79. The molecule has 1 aromatic rings. The van der Waals surface area contributed by atoms with Crippen LogP contribution >= 0.6 is 23.4 Å². The number of ether oxygens (including phenoxy) is 1. The smallest absolute Gasteiger partial charge is 0.137 e. The molecular formula is C10H14ClNOS. The maximum atomic E-state index is 5.62. The van der Waals surface area contributed by atoms with E-state index in [0.29, 0.717) is 5.88 Å². The van der Waals surface area contributed by atoms with Crippen LogP contribution in [0.5, 0.6) is 5.75 Å². The highest BCUT2D eigenvalue weighted by atomic mass is 35.5. The molecule has 0 N–H and O–H groups in total. The van der Waals surface area contributed by atoms with Gasteiger partial charge in [0.15, 0.2) is 0 Å². The van der Waals surface area contributed by atoms with Crippen molar-refractivity contribution < 1.29 is 4.74 Å². The van der Waals surface area contributed by atoms with Crippen LogP contribution in [-0.2, 0) is 5.88 Å². The van der Waals surface area contributed by atoms with E-state index < -0.39 is 0 Å². The Morgan fingerprint density at radius 1 is 1.50 bits per heavy atom. The minimum Gasteiger partial charge on any atom is -0.491 e. The highest BCUT2D eigenvalue weighted by molar-refractivity contribution is 7.99. The first-order valence-electron chi connectivity index (χ1n) is 4.58. The van der Waals surface area contributed by atoms with Crippen LogP contribution in [0.3, 0.4) is 0 Å². The molecule has 4 heteroatoms. The largest absolute Gasteiger partial charge is 0.491 e. The lowest BCUT2D eigenvalue weighted by Gasteiger charge is -2.04. The predicted octanol–water partition coefficient (Wildman–Crippen LogP) is 2.95. The number of hydrogen-bond donors (Lipinski definition) is 0. The van der Waals surface area contributed by atoms with E-state index >= 15 is 0 Å². The van der Waals surface area contributed by atoms with Crippen LogP contribution < -0.4 is 4.74 Å². The molecule has 0 radical (unpaired) electrons. The Labute approximate surface area is 94.0 Å². The van der Waals surface area contributed by atoms with Gasteiger partial charge in [-0.15, -0.1) is 11.6 Å². The van der Waals surface area contributed by atoms with Gasteiger partial charge in [0.2, 0.25) is 0 Å². The topological polar surface area (TPSA) is 22.1 Å². The molecule has 14 heavy (non-hydrogen) atoms. The molecule has 0 aliphatic carbocycles. The van der Waals surface area contributed by atoms with E-state index in [1.807, 2.05) is 23.9 Å². The molecule has 78 valence electrons. The van der Waals surface area contributed by atoms with Crippen molar-refractivity contribution >= 4 is 23.4 Å². The summed E-state index contributed by atoms with van der Waals surface area (Å²) < 4.78 is 5.48. The van der Waals surface area contributed by atoms with E-state index in [2.05, 4.69) is 11.9 Å². The van der Waals surface area contributed by atoms with E-state index in [1.165, 1.54) is 0 Å². The monoisotopic (exact) mass is 231 g/mol. The molecule has 0 aromatic carbocycles. The summed E-state index contributed by atoms with van der Waals surface area (Å²) in [6.07, 6.45) is 1.72. The number of aromatic nitrogens is 1. The molecule has 0 saturated heterocycles. The number of alkyl halides is 1. The number of pyridine rings is 1. The summed E-state index contributed by atoms with van der Waals surface area (Å²) in [5, 5.41) is 0. The summed E-state index contributed by atoms with van der Waals surface area (Å²) in [5.41, 5.74) is 0.877. The summed E-state index contributed by atoms with van der Waals surface area (Å²) >= 11 is 7.49. The van der Waals surface area contributed by atoms with E-state index in [1.54, 1.807) is 6.20 Å². The van der Waals surface area contributed by atoms with Crippen LogP contribution in [-0.4, -0.2) is 23.1 Å². The third kappa shape index (κ3) is 4.20. The molecule has 1 aromatic heterocycles. The number of thioether (sulfide) groups is 1. The van der Waals surface area contributed by atoms with Crippen LogP contribution in [0.25, 0.3) is 0 Å². The van der Waals surface area contributed by atoms with Gasteiger partial charge in [0.1, 0.15) is 5.75 Å². The van der Waals surface area contributed by atoms with E-state index in [-0.39, 0.29) is 0 Å². The Bertz CT molecular complexity index is 253. The summed E-state index contributed by atoms with van der Waals surface area (Å²) in [5.74, 6) is 3.42. The third-order valence-corrected chi connectivity index (χ3v) is 2.77. The minimum atomic E-state index is 0.450.